The Labute approximate surface area is 119 Å². The lowest BCUT2D eigenvalue weighted by atomic mass is 9.93. The van der Waals surface area contributed by atoms with Gasteiger partial charge < -0.3 is 5.32 Å². The fourth-order valence-corrected chi connectivity index (χ4v) is 3.04. The fourth-order valence-electron chi connectivity index (χ4n) is 1.86. The van der Waals surface area contributed by atoms with E-state index < -0.39 is 0 Å². The van der Waals surface area contributed by atoms with E-state index in [-0.39, 0.29) is 11.1 Å². The Morgan fingerprint density at radius 1 is 1.47 bits per heavy atom. The number of carbonyl (C=O) groups excluding carboxylic acids is 1. The van der Waals surface area contributed by atoms with Gasteiger partial charge in [-0.05, 0) is 31.4 Å². The van der Waals surface area contributed by atoms with Gasteiger partial charge in [0.1, 0.15) is 9.88 Å². The van der Waals surface area contributed by atoms with Crippen LogP contribution in [0, 0.1) is 0 Å². The molecule has 0 bridgehead atoms. The van der Waals surface area contributed by atoms with Crippen molar-refractivity contribution in [2.75, 3.05) is 0 Å². The summed E-state index contributed by atoms with van der Waals surface area (Å²) in [6.45, 7) is 0. The normalized spacial score (nSPS) is 15.0. The van der Waals surface area contributed by atoms with Gasteiger partial charge >= 0.3 is 0 Å². The van der Waals surface area contributed by atoms with Crippen LogP contribution in [0.2, 0.25) is 5.15 Å². The van der Waals surface area contributed by atoms with Crippen molar-refractivity contribution < 1.29 is 4.79 Å². The van der Waals surface area contributed by atoms with E-state index in [2.05, 4.69) is 15.3 Å². The standard InChI is InChI=1S/C13H12ClN3OS/c14-11-10(12(18)16-9-4-1-5-9)19-13(17-11)8-3-2-6-15-7-8/h2-3,6-7,9H,1,4-5H2,(H,16,18). The topological polar surface area (TPSA) is 54.9 Å². The third kappa shape index (κ3) is 2.62. The Hall–Kier alpha value is -1.46. The van der Waals surface area contributed by atoms with Gasteiger partial charge in [-0.1, -0.05) is 11.6 Å². The number of halogens is 1. The number of nitrogens with zero attached hydrogens (tertiary/aromatic N) is 2. The van der Waals surface area contributed by atoms with Gasteiger partial charge in [0.25, 0.3) is 5.91 Å². The number of pyridine rings is 1. The van der Waals surface area contributed by atoms with E-state index >= 15 is 0 Å². The second kappa shape index (κ2) is 5.27. The van der Waals surface area contributed by atoms with E-state index in [9.17, 15) is 4.79 Å². The van der Waals surface area contributed by atoms with Gasteiger partial charge in [-0.25, -0.2) is 4.98 Å². The molecule has 1 saturated carbocycles. The average Bonchev–Trinajstić information content (AvgIpc) is 2.77. The van der Waals surface area contributed by atoms with Crippen LogP contribution >= 0.6 is 22.9 Å². The van der Waals surface area contributed by atoms with E-state index in [0.717, 1.165) is 23.4 Å². The van der Waals surface area contributed by atoms with Crippen LogP contribution in [0.5, 0.6) is 0 Å². The van der Waals surface area contributed by atoms with E-state index in [1.807, 2.05) is 12.1 Å². The number of amides is 1. The molecule has 0 atom stereocenters. The number of hydrogen-bond donors (Lipinski definition) is 1. The van der Waals surface area contributed by atoms with Crippen LogP contribution in [0.15, 0.2) is 24.5 Å². The number of hydrogen-bond acceptors (Lipinski definition) is 4. The molecule has 6 heteroatoms. The number of nitrogens with one attached hydrogen (secondary N) is 1. The molecule has 2 aromatic heterocycles. The van der Waals surface area contributed by atoms with Gasteiger partial charge in [-0.3, -0.25) is 9.78 Å². The Balaban J connectivity index is 1.82. The van der Waals surface area contributed by atoms with Gasteiger partial charge in [0.2, 0.25) is 0 Å². The second-order valence-electron chi connectivity index (χ2n) is 4.48. The van der Waals surface area contributed by atoms with Crippen LogP contribution in [0.1, 0.15) is 28.9 Å². The summed E-state index contributed by atoms with van der Waals surface area (Å²) in [5.41, 5.74) is 0.872. The van der Waals surface area contributed by atoms with Crippen molar-refractivity contribution in [1.29, 1.82) is 0 Å². The van der Waals surface area contributed by atoms with Crippen LogP contribution in [-0.4, -0.2) is 21.9 Å². The van der Waals surface area contributed by atoms with Gasteiger partial charge in [-0.2, -0.15) is 0 Å². The maximum absolute atomic E-state index is 12.1. The Bertz CT molecular complexity index is 595. The fraction of sp³-hybridized carbons (Fsp3) is 0.308. The molecule has 1 fully saturated rings. The summed E-state index contributed by atoms with van der Waals surface area (Å²) < 4.78 is 0. The lowest BCUT2D eigenvalue weighted by Gasteiger charge is -2.25. The maximum atomic E-state index is 12.1. The Kier molecular flexibility index (Phi) is 3.48. The molecule has 2 aromatic rings. The van der Waals surface area contributed by atoms with Crippen molar-refractivity contribution in [2.24, 2.45) is 0 Å². The van der Waals surface area contributed by atoms with Gasteiger partial charge in [0.05, 0.1) is 0 Å². The molecule has 0 aromatic carbocycles. The number of rotatable bonds is 3. The highest BCUT2D eigenvalue weighted by molar-refractivity contribution is 7.17. The van der Waals surface area contributed by atoms with Gasteiger partial charge in [0, 0.05) is 24.0 Å². The number of aromatic nitrogens is 2. The highest BCUT2D eigenvalue weighted by Crippen LogP contribution is 2.31. The van der Waals surface area contributed by atoms with Crippen LogP contribution in [0.3, 0.4) is 0 Å². The van der Waals surface area contributed by atoms with E-state index in [1.54, 1.807) is 12.4 Å². The summed E-state index contributed by atoms with van der Waals surface area (Å²) in [4.78, 5) is 20.8. The van der Waals surface area contributed by atoms with Crippen molar-refractivity contribution in [1.82, 2.24) is 15.3 Å². The quantitative estimate of drug-likeness (QED) is 0.946. The molecular formula is C13H12ClN3OS. The first-order chi connectivity index (χ1) is 9.24. The molecule has 19 heavy (non-hydrogen) atoms. The zero-order valence-corrected chi connectivity index (χ0v) is 11.7. The molecule has 0 unspecified atom stereocenters. The summed E-state index contributed by atoms with van der Waals surface area (Å²) in [5.74, 6) is -0.123. The molecular weight excluding hydrogens is 282 g/mol. The third-order valence-electron chi connectivity index (χ3n) is 3.14. The van der Waals surface area contributed by atoms with Gasteiger partial charge in [0.15, 0.2) is 5.15 Å². The minimum absolute atomic E-state index is 0.123. The average molecular weight is 294 g/mol. The lowest BCUT2D eigenvalue weighted by Crippen LogP contribution is -2.39. The van der Waals surface area contributed by atoms with Crippen LogP contribution < -0.4 is 5.32 Å². The molecule has 0 aliphatic heterocycles. The molecule has 1 aliphatic carbocycles. The first-order valence-electron chi connectivity index (χ1n) is 6.11. The first kappa shape index (κ1) is 12.6. The van der Waals surface area contributed by atoms with Crippen molar-refractivity contribution in [3.8, 4) is 10.6 Å². The van der Waals surface area contributed by atoms with Crippen LogP contribution in [0.4, 0.5) is 0 Å². The zero-order valence-electron chi connectivity index (χ0n) is 10.1. The Morgan fingerprint density at radius 2 is 2.32 bits per heavy atom. The molecule has 4 nitrogen and oxygen atoms in total. The predicted molar refractivity (Wildman–Crippen MR) is 75.5 cm³/mol. The van der Waals surface area contributed by atoms with Crippen molar-refractivity contribution >= 4 is 28.8 Å². The maximum Gasteiger partial charge on any atom is 0.264 e. The molecule has 0 radical (unpaired) electrons. The minimum atomic E-state index is -0.123. The van der Waals surface area contributed by atoms with Gasteiger partial charge in [-0.15, -0.1) is 11.3 Å². The smallest absolute Gasteiger partial charge is 0.264 e. The predicted octanol–water partition coefficient (Wildman–Crippen LogP) is 3.14. The molecule has 0 spiro atoms. The highest BCUT2D eigenvalue weighted by Gasteiger charge is 2.23. The largest absolute Gasteiger partial charge is 0.349 e. The molecule has 2 heterocycles. The lowest BCUT2D eigenvalue weighted by molar-refractivity contribution is 0.0921. The number of carbonyl (C=O) groups is 1. The summed E-state index contributed by atoms with van der Waals surface area (Å²) in [6, 6.07) is 4.03. The summed E-state index contributed by atoms with van der Waals surface area (Å²) in [7, 11) is 0. The molecule has 1 amide bonds. The second-order valence-corrected chi connectivity index (χ2v) is 5.84. The minimum Gasteiger partial charge on any atom is -0.349 e. The SMILES string of the molecule is O=C(NC1CCC1)c1sc(-c2cccnc2)nc1Cl. The third-order valence-corrected chi connectivity index (χ3v) is 4.63. The van der Waals surface area contributed by atoms with E-state index in [1.165, 1.54) is 17.8 Å². The summed E-state index contributed by atoms with van der Waals surface area (Å²) >= 11 is 7.35. The van der Waals surface area contributed by atoms with Crippen LogP contribution in [-0.2, 0) is 0 Å². The molecule has 98 valence electrons. The molecule has 1 aliphatic rings. The summed E-state index contributed by atoms with van der Waals surface area (Å²) in [6.07, 6.45) is 6.70. The zero-order chi connectivity index (χ0) is 13.2. The van der Waals surface area contributed by atoms with Crippen molar-refractivity contribution in [3.63, 3.8) is 0 Å². The van der Waals surface area contributed by atoms with E-state index in [0.29, 0.717) is 10.9 Å². The van der Waals surface area contributed by atoms with Crippen molar-refractivity contribution in [3.05, 3.63) is 34.6 Å². The van der Waals surface area contributed by atoms with E-state index in [4.69, 9.17) is 11.6 Å². The molecule has 1 N–H and O–H groups in total. The van der Waals surface area contributed by atoms with Crippen molar-refractivity contribution in [2.45, 2.75) is 25.3 Å². The molecule has 3 rings (SSSR count). The Morgan fingerprint density at radius 3 is 2.95 bits per heavy atom. The first-order valence-corrected chi connectivity index (χ1v) is 7.31. The molecule has 0 saturated heterocycles. The highest BCUT2D eigenvalue weighted by atomic mass is 35.5. The van der Waals surface area contributed by atoms with Crippen LogP contribution in [0.25, 0.3) is 10.6 Å². The number of thiazole rings is 1. The summed E-state index contributed by atoms with van der Waals surface area (Å²) in [5, 5.41) is 3.95. The monoisotopic (exact) mass is 293 g/mol.